The molecule has 0 spiro atoms. The third-order valence-electron chi connectivity index (χ3n) is 0.851. The van der Waals surface area contributed by atoms with Crippen LogP contribution in [0.15, 0.2) is 58.2 Å². The lowest BCUT2D eigenvalue weighted by molar-refractivity contribution is -0.0979. The van der Waals surface area contributed by atoms with Gasteiger partial charge in [0.1, 0.15) is 6.79 Å². The zero-order valence-electron chi connectivity index (χ0n) is 8.20. The van der Waals surface area contributed by atoms with Gasteiger partial charge in [-0.05, 0) is 24.3 Å². The first-order chi connectivity index (χ1) is 8.00. The fourth-order valence-corrected chi connectivity index (χ4v) is 0.454. The zero-order valence-corrected chi connectivity index (χ0v) is 9.71. The van der Waals surface area contributed by atoms with Gasteiger partial charge in [0, 0.05) is 0 Å². The third-order valence-corrected chi connectivity index (χ3v) is 0.851. The van der Waals surface area contributed by atoms with Crippen molar-refractivity contribution in [3.63, 3.8) is 0 Å². The lowest BCUT2D eigenvalue weighted by atomic mass is 10.7. The maximum atomic E-state index is 8.00. The Bertz CT molecular complexity index is 174. The van der Waals surface area contributed by atoms with Crippen LogP contribution in [-0.2, 0) is 4.79 Å². The summed E-state index contributed by atoms with van der Waals surface area (Å²) in [7, 11) is 0. The van der Waals surface area contributed by atoms with Gasteiger partial charge in [-0.1, -0.05) is 0 Å². The van der Waals surface area contributed by atoms with Gasteiger partial charge in [-0.25, -0.2) is 0 Å². The van der Waals surface area contributed by atoms with E-state index < -0.39 is 0 Å². The lowest BCUT2D eigenvalue weighted by Gasteiger charge is -1.50. The summed E-state index contributed by atoms with van der Waals surface area (Å²) in [6.45, 7) is 2.00. The van der Waals surface area contributed by atoms with Crippen molar-refractivity contribution >= 4 is 30.5 Å². The summed E-state index contributed by atoms with van der Waals surface area (Å²) in [5.74, 6) is 0. The SMILES string of the molecule is C=O.OCl.OCl.c1ccoc1.c1ccoc1. The predicted octanol–water partition coefficient (Wildman–Crippen LogP) is 2.64. The first-order valence-electron chi connectivity index (χ1n) is 3.57. The molecule has 0 fully saturated rings. The molecule has 0 aliphatic heterocycles. The minimum atomic E-state index is 1.62. The zero-order chi connectivity index (χ0) is 13.1. The van der Waals surface area contributed by atoms with Crippen LogP contribution in [0.1, 0.15) is 0 Å². The molecule has 2 aromatic heterocycles. The van der Waals surface area contributed by atoms with E-state index in [0.29, 0.717) is 0 Å². The summed E-state index contributed by atoms with van der Waals surface area (Å²) in [5.41, 5.74) is 0. The monoisotopic (exact) mass is 270 g/mol. The van der Waals surface area contributed by atoms with Gasteiger partial charge >= 0.3 is 0 Å². The normalized spacial score (nSPS) is 6.00. The van der Waals surface area contributed by atoms with Crippen molar-refractivity contribution in [1.82, 2.24) is 0 Å². The van der Waals surface area contributed by atoms with Crippen molar-refractivity contribution in [3.05, 3.63) is 49.3 Å². The number of rotatable bonds is 0. The van der Waals surface area contributed by atoms with Crippen LogP contribution in [0.4, 0.5) is 0 Å². The molecule has 0 aromatic carbocycles. The van der Waals surface area contributed by atoms with E-state index in [1.807, 2.05) is 31.1 Å². The van der Waals surface area contributed by atoms with E-state index in [1.54, 1.807) is 25.1 Å². The van der Waals surface area contributed by atoms with Crippen LogP contribution in [0.3, 0.4) is 0 Å². The summed E-state index contributed by atoms with van der Waals surface area (Å²) in [6.07, 6.45) is 6.50. The average Bonchev–Trinajstić information content (AvgIpc) is 3.14. The number of hydrogen-bond donors (Lipinski definition) is 2. The molecule has 0 unspecified atom stereocenters. The smallest absolute Gasteiger partial charge is 0.106 e. The molecular weight excluding hydrogens is 259 g/mol. The van der Waals surface area contributed by atoms with Crippen molar-refractivity contribution in [2.45, 2.75) is 0 Å². The maximum absolute atomic E-state index is 8.00. The Kier molecular flexibility index (Phi) is 36.8. The Balaban J connectivity index is -0.000000146. The van der Waals surface area contributed by atoms with Crippen molar-refractivity contribution in [1.29, 1.82) is 0 Å². The number of carbonyl (C=O) groups is 1. The van der Waals surface area contributed by atoms with Crippen molar-refractivity contribution in [3.8, 4) is 0 Å². The Morgan fingerprint density at radius 1 is 0.688 bits per heavy atom. The lowest BCUT2D eigenvalue weighted by Crippen LogP contribution is -1.16. The molecule has 2 rings (SSSR count). The highest BCUT2D eigenvalue weighted by Crippen LogP contribution is 1.80. The van der Waals surface area contributed by atoms with E-state index in [1.165, 1.54) is 0 Å². The van der Waals surface area contributed by atoms with Crippen LogP contribution in [0.25, 0.3) is 0 Å². The van der Waals surface area contributed by atoms with Crippen LogP contribution in [0, 0.1) is 0 Å². The summed E-state index contributed by atoms with van der Waals surface area (Å²) in [6, 6.07) is 7.33. The number of carbonyl (C=O) groups excluding carboxylic acids is 1. The largest absolute Gasteiger partial charge is 0.473 e. The van der Waals surface area contributed by atoms with Gasteiger partial charge in [0.05, 0.1) is 48.8 Å². The van der Waals surface area contributed by atoms with Gasteiger partial charge in [-0.15, -0.1) is 0 Å². The molecule has 0 amide bonds. The van der Waals surface area contributed by atoms with Gasteiger partial charge in [-0.3, -0.25) is 9.32 Å². The number of hydrogen-bond acceptors (Lipinski definition) is 5. The summed E-state index contributed by atoms with van der Waals surface area (Å²) in [5, 5.41) is 0. The van der Waals surface area contributed by atoms with Gasteiger partial charge in [0.2, 0.25) is 0 Å². The second-order valence-corrected chi connectivity index (χ2v) is 1.59. The molecule has 0 aliphatic carbocycles. The van der Waals surface area contributed by atoms with E-state index in [4.69, 9.17) is 14.1 Å². The Hall–Kier alpha value is -1.27. The first-order valence-corrected chi connectivity index (χ1v) is 4.25. The fourth-order valence-electron chi connectivity index (χ4n) is 0.454. The number of furan rings is 2. The van der Waals surface area contributed by atoms with E-state index in [-0.39, 0.29) is 0 Å². The molecular formula is C9H12Cl2O5. The second-order valence-electron chi connectivity index (χ2n) is 1.59. The predicted molar refractivity (Wildman–Crippen MR) is 60.7 cm³/mol. The quantitative estimate of drug-likeness (QED) is 0.769. The van der Waals surface area contributed by atoms with Gasteiger partial charge < -0.3 is 13.6 Å². The molecule has 5 nitrogen and oxygen atoms in total. The van der Waals surface area contributed by atoms with Crippen molar-refractivity contribution < 1.29 is 22.9 Å². The highest BCUT2D eigenvalue weighted by atomic mass is 35.5. The Morgan fingerprint density at radius 2 is 0.875 bits per heavy atom. The second kappa shape index (κ2) is 29.2. The topological polar surface area (TPSA) is 83.8 Å². The molecule has 0 aliphatic rings. The standard InChI is InChI=1S/2C4H4O.CH2O.2ClHO/c2*1-2-4-5-3-1;3*1-2/h2*1-4H;1H2;2*2H. The highest BCUT2D eigenvalue weighted by Gasteiger charge is 1.59. The summed E-state index contributed by atoms with van der Waals surface area (Å²) >= 11 is 7.28. The molecule has 2 N–H and O–H groups in total. The Morgan fingerprint density at radius 3 is 0.938 bits per heavy atom. The van der Waals surface area contributed by atoms with E-state index >= 15 is 0 Å². The molecule has 0 atom stereocenters. The maximum Gasteiger partial charge on any atom is 0.106 e. The van der Waals surface area contributed by atoms with Crippen LogP contribution >= 0.6 is 23.7 Å². The molecule has 0 saturated carbocycles. The van der Waals surface area contributed by atoms with Gasteiger partial charge in [-0.2, -0.15) is 0 Å². The summed E-state index contributed by atoms with van der Waals surface area (Å²) < 4.78 is 22.1. The fraction of sp³-hybridized carbons (Fsp3) is 0. The molecule has 2 heterocycles. The van der Waals surface area contributed by atoms with Gasteiger partial charge in [0.15, 0.2) is 0 Å². The van der Waals surface area contributed by atoms with Crippen LogP contribution in [0.5, 0.6) is 0 Å². The Labute approximate surface area is 103 Å². The number of halogens is 2. The molecule has 2 aromatic rings. The molecule has 0 bridgehead atoms. The molecule has 16 heavy (non-hydrogen) atoms. The molecule has 0 saturated heterocycles. The average molecular weight is 271 g/mol. The van der Waals surface area contributed by atoms with Crippen molar-refractivity contribution in [2.75, 3.05) is 0 Å². The molecule has 92 valence electrons. The van der Waals surface area contributed by atoms with E-state index in [2.05, 4.69) is 32.6 Å². The van der Waals surface area contributed by atoms with E-state index in [9.17, 15) is 0 Å². The minimum absolute atomic E-state index is 1.62. The van der Waals surface area contributed by atoms with Crippen LogP contribution < -0.4 is 0 Å². The van der Waals surface area contributed by atoms with Crippen LogP contribution in [-0.4, -0.2) is 16.1 Å². The highest BCUT2D eigenvalue weighted by molar-refractivity contribution is 6.05. The molecule has 7 heteroatoms. The molecule has 0 radical (unpaired) electrons. The van der Waals surface area contributed by atoms with Crippen molar-refractivity contribution in [2.24, 2.45) is 0 Å². The van der Waals surface area contributed by atoms with Crippen LogP contribution in [0.2, 0.25) is 0 Å². The minimum Gasteiger partial charge on any atom is -0.473 e. The van der Waals surface area contributed by atoms with Gasteiger partial charge in [0.25, 0.3) is 0 Å². The first kappa shape index (κ1) is 20.2. The van der Waals surface area contributed by atoms with E-state index in [0.717, 1.165) is 0 Å². The third kappa shape index (κ3) is 23.0. The summed E-state index contributed by atoms with van der Waals surface area (Å²) in [4.78, 5) is 8.00.